The number of pyridine rings is 1. The third kappa shape index (κ3) is 4.98. The summed E-state index contributed by atoms with van der Waals surface area (Å²) in [7, 11) is 1.57. The minimum Gasteiger partial charge on any atom is -0.493 e. The van der Waals surface area contributed by atoms with E-state index in [0.29, 0.717) is 30.2 Å². The zero-order valence-electron chi connectivity index (χ0n) is 13.5. The van der Waals surface area contributed by atoms with Gasteiger partial charge in [0.1, 0.15) is 0 Å². The minimum atomic E-state index is -0.160. The number of nitrogens with one attached hydrogen (secondary N) is 1. The first-order valence-electron chi connectivity index (χ1n) is 7.72. The Morgan fingerprint density at radius 2 is 2.13 bits per heavy atom. The Bertz CT molecular complexity index is 629. The van der Waals surface area contributed by atoms with Crippen molar-refractivity contribution in [2.45, 2.75) is 26.3 Å². The number of benzene rings is 1. The van der Waals surface area contributed by atoms with Crippen molar-refractivity contribution in [2.24, 2.45) is 0 Å². The van der Waals surface area contributed by atoms with E-state index in [4.69, 9.17) is 9.47 Å². The Labute approximate surface area is 136 Å². The highest BCUT2D eigenvalue weighted by atomic mass is 16.5. The van der Waals surface area contributed by atoms with Crippen molar-refractivity contribution in [3.63, 3.8) is 0 Å². The molecule has 0 spiro atoms. The van der Waals surface area contributed by atoms with Gasteiger partial charge in [-0.15, -0.1) is 0 Å². The van der Waals surface area contributed by atoms with E-state index in [1.807, 2.05) is 12.1 Å². The number of unbranched alkanes of at least 4 members (excludes halogenated alkanes) is 1. The van der Waals surface area contributed by atoms with E-state index < -0.39 is 0 Å². The standard InChI is InChI=1S/C18H22N2O3/c1-3-4-10-23-16-8-7-15(11-17(16)22-2)18(21)20-13-14-6-5-9-19-12-14/h5-9,11-12H,3-4,10,13H2,1-2H3,(H,20,21). The molecule has 5 heteroatoms. The Hall–Kier alpha value is -2.56. The molecule has 2 rings (SSSR count). The molecule has 1 heterocycles. The fourth-order valence-corrected chi connectivity index (χ4v) is 2.04. The van der Waals surface area contributed by atoms with Gasteiger partial charge in [-0.2, -0.15) is 0 Å². The summed E-state index contributed by atoms with van der Waals surface area (Å²) < 4.78 is 11.0. The molecule has 5 nitrogen and oxygen atoms in total. The number of aromatic nitrogens is 1. The quantitative estimate of drug-likeness (QED) is 0.760. The molecule has 0 atom stereocenters. The number of hydrogen-bond acceptors (Lipinski definition) is 4. The van der Waals surface area contributed by atoms with Gasteiger partial charge < -0.3 is 14.8 Å². The number of hydrogen-bond donors (Lipinski definition) is 1. The molecular weight excluding hydrogens is 292 g/mol. The van der Waals surface area contributed by atoms with Crippen molar-refractivity contribution in [1.29, 1.82) is 0 Å². The molecule has 1 amide bonds. The lowest BCUT2D eigenvalue weighted by atomic mass is 10.2. The van der Waals surface area contributed by atoms with Crippen LogP contribution in [0.1, 0.15) is 35.7 Å². The van der Waals surface area contributed by atoms with Crippen LogP contribution in [0.15, 0.2) is 42.7 Å². The monoisotopic (exact) mass is 314 g/mol. The van der Waals surface area contributed by atoms with E-state index in [0.717, 1.165) is 18.4 Å². The molecule has 1 aromatic carbocycles. The SMILES string of the molecule is CCCCOc1ccc(C(=O)NCc2cccnc2)cc1OC. The predicted octanol–water partition coefficient (Wildman–Crippen LogP) is 3.20. The topological polar surface area (TPSA) is 60.5 Å². The summed E-state index contributed by atoms with van der Waals surface area (Å²) in [6, 6.07) is 8.96. The lowest BCUT2D eigenvalue weighted by molar-refractivity contribution is 0.0950. The molecule has 1 N–H and O–H groups in total. The molecule has 2 aromatic rings. The molecule has 0 saturated carbocycles. The predicted molar refractivity (Wildman–Crippen MR) is 88.8 cm³/mol. The normalized spacial score (nSPS) is 10.2. The van der Waals surface area contributed by atoms with Crippen molar-refractivity contribution >= 4 is 5.91 Å². The Morgan fingerprint density at radius 3 is 2.83 bits per heavy atom. The van der Waals surface area contributed by atoms with Crippen LogP contribution in [0.4, 0.5) is 0 Å². The highest BCUT2D eigenvalue weighted by Crippen LogP contribution is 2.28. The maximum Gasteiger partial charge on any atom is 0.251 e. The third-order valence-electron chi connectivity index (χ3n) is 3.36. The van der Waals surface area contributed by atoms with Gasteiger partial charge in [0.15, 0.2) is 11.5 Å². The smallest absolute Gasteiger partial charge is 0.251 e. The molecule has 0 aliphatic rings. The van der Waals surface area contributed by atoms with Crippen molar-refractivity contribution in [2.75, 3.05) is 13.7 Å². The first-order valence-corrected chi connectivity index (χ1v) is 7.72. The molecule has 0 unspecified atom stereocenters. The van der Waals surface area contributed by atoms with Gasteiger partial charge in [-0.3, -0.25) is 9.78 Å². The van der Waals surface area contributed by atoms with E-state index in [9.17, 15) is 4.79 Å². The van der Waals surface area contributed by atoms with Crippen LogP contribution in [0.5, 0.6) is 11.5 Å². The molecule has 0 radical (unpaired) electrons. The molecule has 23 heavy (non-hydrogen) atoms. The van der Waals surface area contributed by atoms with Crippen LogP contribution in [0.3, 0.4) is 0 Å². The van der Waals surface area contributed by atoms with Crippen LogP contribution < -0.4 is 14.8 Å². The van der Waals surface area contributed by atoms with Crippen LogP contribution >= 0.6 is 0 Å². The van der Waals surface area contributed by atoms with Crippen molar-refractivity contribution in [3.05, 3.63) is 53.9 Å². The maximum absolute atomic E-state index is 12.2. The second-order valence-corrected chi connectivity index (χ2v) is 5.11. The second kappa shape index (κ2) is 8.78. The number of methoxy groups -OCH3 is 1. The van der Waals surface area contributed by atoms with Crippen LogP contribution in [0, 0.1) is 0 Å². The maximum atomic E-state index is 12.2. The second-order valence-electron chi connectivity index (χ2n) is 5.11. The first-order chi connectivity index (χ1) is 11.2. The number of carbonyl (C=O) groups excluding carboxylic acids is 1. The zero-order chi connectivity index (χ0) is 16.5. The van der Waals surface area contributed by atoms with Crippen LogP contribution in [-0.4, -0.2) is 24.6 Å². The number of ether oxygens (including phenoxy) is 2. The van der Waals surface area contributed by atoms with E-state index in [1.165, 1.54) is 0 Å². The molecule has 0 bridgehead atoms. The minimum absolute atomic E-state index is 0.160. The van der Waals surface area contributed by atoms with Crippen molar-refractivity contribution < 1.29 is 14.3 Å². The number of amides is 1. The highest BCUT2D eigenvalue weighted by Gasteiger charge is 2.11. The first kappa shape index (κ1) is 16.8. The molecule has 1 aromatic heterocycles. The Balaban J connectivity index is 2.00. The van der Waals surface area contributed by atoms with Crippen molar-refractivity contribution in [3.8, 4) is 11.5 Å². The van der Waals surface area contributed by atoms with Gasteiger partial charge in [0, 0.05) is 24.5 Å². The molecule has 0 saturated heterocycles. The van der Waals surface area contributed by atoms with Gasteiger partial charge in [0.25, 0.3) is 5.91 Å². The van der Waals surface area contributed by atoms with Gasteiger partial charge in [-0.25, -0.2) is 0 Å². The lowest BCUT2D eigenvalue weighted by Gasteiger charge is -2.12. The summed E-state index contributed by atoms with van der Waals surface area (Å²) in [5.74, 6) is 1.06. The van der Waals surface area contributed by atoms with Gasteiger partial charge in [0.2, 0.25) is 0 Å². The fraction of sp³-hybridized carbons (Fsp3) is 0.333. The average Bonchev–Trinajstić information content (AvgIpc) is 2.61. The molecule has 0 fully saturated rings. The van der Waals surface area contributed by atoms with Gasteiger partial charge >= 0.3 is 0 Å². The summed E-state index contributed by atoms with van der Waals surface area (Å²) in [5, 5.41) is 2.86. The van der Waals surface area contributed by atoms with E-state index in [-0.39, 0.29) is 5.91 Å². The van der Waals surface area contributed by atoms with Crippen LogP contribution in [0.25, 0.3) is 0 Å². The average molecular weight is 314 g/mol. The highest BCUT2D eigenvalue weighted by molar-refractivity contribution is 5.94. The summed E-state index contributed by atoms with van der Waals surface area (Å²) in [6.07, 6.45) is 5.48. The van der Waals surface area contributed by atoms with Crippen molar-refractivity contribution in [1.82, 2.24) is 10.3 Å². The van der Waals surface area contributed by atoms with Gasteiger partial charge in [-0.05, 0) is 36.2 Å². The van der Waals surface area contributed by atoms with E-state index in [2.05, 4.69) is 17.2 Å². The van der Waals surface area contributed by atoms with E-state index in [1.54, 1.807) is 37.7 Å². The molecule has 0 aliphatic carbocycles. The number of carbonyl (C=O) groups is 1. The molecule has 122 valence electrons. The Morgan fingerprint density at radius 1 is 1.26 bits per heavy atom. The lowest BCUT2D eigenvalue weighted by Crippen LogP contribution is -2.22. The molecule has 0 aliphatic heterocycles. The van der Waals surface area contributed by atoms with Gasteiger partial charge in [0.05, 0.1) is 13.7 Å². The van der Waals surface area contributed by atoms with Gasteiger partial charge in [-0.1, -0.05) is 19.4 Å². The third-order valence-corrected chi connectivity index (χ3v) is 3.36. The van der Waals surface area contributed by atoms with E-state index >= 15 is 0 Å². The summed E-state index contributed by atoms with van der Waals surface area (Å²) in [6.45, 7) is 3.18. The molecular formula is C18H22N2O3. The van der Waals surface area contributed by atoms with Crippen LogP contribution in [-0.2, 0) is 6.54 Å². The fourth-order valence-electron chi connectivity index (χ4n) is 2.04. The Kier molecular flexibility index (Phi) is 6.41. The largest absolute Gasteiger partial charge is 0.493 e. The zero-order valence-corrected chi connectivity index (χ0v) is 13.5. The summed E-state index contributed by atoms with van der Waals surface area (Å²) in [4.78, 5) is 16.3. The van der Waals surface area contributed by atoms with Crippen LogP contribution in [0.2, 0.25) is 0 Å². The number of nitrogens with zero attached hydrogens (tertiary/aromatic N) is 1. The summed E-state index contributed by atoms with van der Waals surface area (Å²) >= 11 is 0. The number of rotatable bonds is 8. The summed E-state index contributed by atoms with van der Waals surface area (Å²) in [5.41, 5.74) is 1.49.